The Bertz CT molecular complexity index is 597. The lowest BCUT2D eigenvalue weighted by molar-refractivity contribution is 0.0958. The first-order chi connectivity index (χ1) is 11.6. The quantitative estimate of drug-likeness (QED) is 0.777. The summed E-state index contributed by atoms with van der Waals surface area (Å²) < 4.78 is 5.85. The number of benzene rings is 1. The molecule has 1 fully saturated rings. The number of carbonyl (C=O) groups excluding carboxylic acids is 1. The molecule has 0 aliphatic carbocycles. The maximum absolute atomic E-state index is 12.4. The second-order valence-electron chi connectivity index (χ2n) is 7.54. The van der Waals surface area contributed by atoms with Crippen molar-refractivity contribution in [3.63, 3.8) is 0 Å². The van der Waals surface area contributed by atoms with Crippen LogP contribution >= 0.6 is 0 Å². The molecule has 0 bridgehead atoms. The van der Waals surface area contributed by atoms with E-state index >= 15 is 0 Å². The van der Waals surface area contributed by atoms with Crippen molar-refractivity contribution >= 4 is 11.5 Å². The van der Waals surface area contributed by atoms with Crippen LogP contribution in [0.4, 0.5) is 5.69 Å². The molecule has 132 valence electrons. The number of rotatable bonds is 6. The Morgan fingerprint density at radius 3 is 2.92 bits per heavy atom. The SMILES string of the molecule is CC(C)CCCCOc1cc(O)c2c(c1)N1CCCCC1CC2=O. The molecule has 4 nitrogen and oxygen atoms in total. The van der Waals surface area contributed by atoms with Gasteiger partial charge in [-0.3, -0.25) is 4.79 Å². The zero-order valence-corrected chi connectivity index (χ0v) is 14.9. The number of carbonyl (C=O) groups is 1. The number of Topliss-reactive ketones (excluding diaryl/α,β-unsaturated/α-hetero) is 1. The second-order valence-corrected chi connectivity index (χ2v) is 7.54. The van der Waals surface area contributed by atoms with Crippen LogP contribution < -0.4 is 9.64 Å². The number of piperidine rings is 1. The van der Waals surface area contributed by atoms with Crippen molar-refractivity contribution in [1.29, 1.82) is 0 Å². The molecule has 0 radical (unpaired) electrons. The Morgan fingerprint density at radius 1 is 1.29 bits per heavy atom. The van der Waals surface area contributed by atoms with Crippen LogP contribution in [0.15, 0.2) is 12.1 Å². The van der Waals surface area contributed by atoms with Crippen LogP contribution in [0.25, 0.3) is 0 Å². The lowest BCUT2D eigenvalue weighted by atomic mass is 9.88. The predicted molar refractivity (Wildman–Crippen MR) is 96.2 cm³/mol. The molecule has 1 aromatic rings. The highest BCUT2D eigenvalue weighted by molar-refractivity contribution is 6.06. The summed E-state index contributed by atoms with van der Waals surface area (Å²) >= 11 is 0. The lowest BCUT2D eigenvalue weighted by Gasteiger charge is -2.41. The van der Waals surface area contributed by atoms with Crippen molar-refractivity contribution in [2.24, 2.45) is 5.92 Å². The minimum atomic E-state index is 0.0640. The number of phenolic OH excluding ortho intramolecular Hbond substituents is 1. The van der Waals surface area contributed by atoms with E-state index in [2.05, 4.69) is 18.7 Å². The molecule has 0 spiro atoms. The highest BCUT2D eigenvalue weighted by atomic mass is 16.5. The summed E-state index contributed by atoms with van der Waals surface area (Å²) in [7, 11) is 0. The van der Waals surface area contributed by atoms with E-state index in [4.69, 9.17) is 4.74 Å². The van der Waals surface area contributed by atoms with E-state index in [1.54, 1.807) is 6.07 Å². The molecular formula is C20H29NO3. The molecular weight excluding hydrogens is 302 g/mol. The highest BCUT2D eigenvalue weighted by Gasteiger charge is 2.35. The van der Waals surface area contributed by atoms with Crippen LogP contribution in [0.2, 0.25) is 0 Å². The van der Waals surface area contributed by atoms with Gasteiger partial charge in [-0.2, -0.15) is 0 Å². The Balaban J connectivity index is 1.72. The molecule has 1 atom stereocenters. The normalized spacial score (nSPS) is 20.0. The number of nitrogens with zero attached hydrogens (tertiary/aromatic N) is 1. The van der Waals surface area contributed by atoms with Gasteiger partial charge in [-0.25, -0.2) is 0 Å². The topological polar surface area (TPSA) is 49.8 Å². The number of ether oxygens (including phenoxy) is 1. The minimum absolute atomic E-state index is 0.0640. The van der Waals surface area contributed by atoms with Gasteiger partial charge in [0.25, 0.3) is 0 Å². The zero-order chi connectivity index (χ0) is 17.1. The number of anilines is 1. The fourth-order valence-electron chi connectivity index (χ4n) is 3.87. The molecule has 24 heavy (non-hydrogen) atoms. The number of hydrogen-bond acceptors (Lipinski definition) is 4. The summed E-state index contributed by atoms with van der Waals surface area (Å²) in [5.74, 6) is 1.53. The van der Waals surface area contributed by atoms with Gasteiger partial charge in [0, 0.05) is 31.1 Å². The monoisotopic (exact) mass is 331 g/mol. The third kappa shape index (κ3) is 3.68. The van der Waals surface area contributed by atoms with Crippen molar-refractivity contribution in [1.82, 2.24) is 0 Å². The molecule has 2 aliphatic rings. The predicted octanol–water partition coefficient (Wildman–Crippen LogP) is 4.54. The van der Waals surface area contributed by atoms with Gasteiger partial charge in [0.05, 0.1) is 17.9 Å². The van der Waals surface area contributed by atoms with Gasteiger partial charge in [-0.05, 0) is 38.0 Å². The average molecular weight is 331 g/mol. The lowest BCUT2D eigenvalue weighted by Crippen LogP contribution is -2.44. The van der Waals surface area contributed by atoms with Crippen molar-refractivity contribution in [3.8, 4) is 11.5 Å². The molecule has 1 saturated heterocycles. The summed E-state index contributed by atoms with van der Waals surface area (Å²) in [5, 5.41) is 10.3. The van der Waals surface area contributed by atoms with Crippen LogP contribution in [0.1, 0.15) is 69.2 Å². The Hall–Kier alpha value is -1.71. The highest BCUT2D eigenvalue weighted by Crippen LogP contribution is 2.42. The summed E-state index contributed by atoms with van der Waals surface area (Å²) in [6.45, 7) is 6.08. The molecule has 0 amide bonds. The molecule has 1 aromatic carbocycles. The number of unbranched alkanes of at least 4 members (excludes halogenated alkanes) is 1. The molecule has 0 saturated carbocycles. The maximum Gasteiger partial charge on any atom is 0.170 e. The van der Waals surface area contributed by atoms with Crippen molar-refractivity contribution < 1.29 is 14.6 Å². The number of hydrogen-bond donors (Lipinski definition) is 1. The molecule has 3 rings (SSSR count). The summed E-state index contributed by atoms with van der Waals surface area (Å²) in [4.78, 5) is 14.7. The van der Waals surface area contributed by atoms with Crippen LogP contribution in [-0.2, 0) is 0 Å². The molecule has 2 aliphatic heterocycles. The van der Waals surface area contributed by atoms with Crippen LogP contribution in [-0.4, -0.2) is 30.1 Å². The third-order valence-corrected chi connectivity index (χ3v) is 5.15. The third-order valence-electron chi connectivity index (χ3n) is 5.15. The van der Waals surface area contributed by atoms with Gasteiger partial charge in [0.2, 0.25) is 0 Å². The molecule has 0 aromatic heterocycles. The van der Waals surface area contributed by atoms with Gasteiger partial charge >= 0.3 is 0 Å². The first kappa shape index (κ1) is 17.1. The minimum Gasteiger partial charge on any atom is -0.507 e. The Labute approximate surface area is 144 Å². The zero-order valence-electron chi connectivity index (χ0n) is 14.9. The van der Waals surface area contributed by atoms with Gasteiger partial charge in [0.15, 0.2) is 5.78 Å². The first-order valence-electron chi connectivity index (χ1n) is 9.36. The average Bonchev–Trinajstić information content (AvgIpc) is 2.54. The number of aromatic hydroxyl groups is 1. The fourth-order valence-corrected chi connectivity index (χ4v) is 3.87. The van der Waals surface area contributed by atoms with E-state index in [-0.39, 0.29) is 11.5 Å². The van der Waals surface area contributed by atoms with E-state index in [9.17, 15) is 9.90 Å². The number of phenols is 1. The van der Waals surface area contributed by atoms with E-state index < -0.39 is 0 Å². The standard InChI is InChI=1S/C20H29NO3/c1-14(2)7-4-6-10-24-16-12-17-20(19(23)13-16)18(22)11-15-8-3-5-9-21(15)17/h12-15,23H,3-11H2,1-2H3. The fraction of sp³-hybridized carbons (Fsp3) is 0.650. The summed E-state index contributed by atoms with van der Waals surface area (Å²) in [5.41, 5.74) is 1.36. The molecule has 4 heteroatoms. The van der Waals surface area contributed by atoms with Gasteiger partial charge in [-0.15, -0.1) is 0 Å². The van der Waals surface area contributed by atoms with Crippen molar-refractivity contribution in [2.45, 2.75) is 64.8 Å². The Kier molecular flexibility index (Phi) is 5.32. The number of ketones is 1. The molecule has 1 N–H and O–H groups in total. The van der Waals surface area contributed by atoms with Crippen molar-refractivity contribution in [3.05, 3.63) is 17.7 Å². The van der Waals surface area contributed by atoms with Gasteiger partial charge < -0.3 is 14.7 Å². The van der Waals surface area contributed by atoms with Gasteiger partial charge in [0.1, 0.15) is 11.5 Å². The number of fused-ring (bicyclic) bond motifs is 3. The Morgan fingerprint density at radius 2 is 2.12 bits per heavy atom. The van der Waals surface area contributed by atoms with E-state index in [1.165, 1.54) is 12.8 Å². The largest absolute Gasteiger partial charge is 0.507 e. The van der Waals surface area contributed by atoms with E-state index in [1.807, 2.05) is 6.07 Å². The first-order valence-corrected chi connectivity index (χ1v) is 9.36. The summed E-state index contributed by atoms with van der Waals surface area (Å²) in [6.07, 6.45) is 7.29. The van der Waals surface area contributed by atoms with Gasteiger partial charge in [-0.1, -0.05) is 20.3 Å². The molecule has 1 unspecified atom stereocenters. The van der Waals surface area contributed by atoms with Crippen LogP contribution in [0, 0.1) is 5.92 Å². The smallest absolute Gasteiger partial charge is 0.170 e. The summed E-state index contributed by atoms with van der Waals surface area (Å²) in [6, 6.07) is 3.84. The second kappa shape index (κ2) is 7.45. The van der Waals surface area contributed by atoms with Crippen LogP contribution in [0.3, 0.4) is 0 Å². The van der Waals surface area contributed by atoms with Crippen molar-refractivity contribution in [2.75, 3.05) is 18.1 Å². The van der Waals surface area contributed by atoms with E-state index in [0.717, 1.165) is 43.8 Å². The molecule has 2 heterocycles. The van der Waals surface area contributed by atoms with E-state index in [0.29, 0.717) is 30.4 Å². The van der Waals surface area contributed by atoms with Crippen LogP contribution in [0.5, 0.6) is 11.5 Å². The maximum atomic E-state index is 12.4.